The van der Waals surface area contributed by atoms with Gasteiger partial charge >= 0.3 is 0 Å². The third kappa shape index (κ3) is 3.47. The Morgan fingerprint density at radius 1 is 0.957 bits per heavy atom. The van der Waals surface area contributed by atoms with E-state index in [9.17, 15) is 4.79 Å². The van der Waals surface area contributed by atoms with Crippen LogP contribution in [-0.2, 0) is 4.79 Å². The highest BCUT2D eigenvalue weighted by atomic mass is 16.5. The van der Waals surface area contributed by atoms with E-state index < -0.39 is 0 Å². The molecule has 1 fully saturated rings. The number of hydrogen-bond donors (Lipinski definition) is 0. The maximum absolute atomic E-state index is 12.4. The van der Waals surface area contributed by atoms with Crippen LogP contribution in [-0.4, -0.2) is 12.9 Å². The van der Waals surface area contributed by atoms with Gasteiger partial charge in [0, 0.05) is 12.3 Å². The molecule has 1 saturated carbocycles. The van der Waals surface area contributed by atoms with E-state index in [1.165, 1.54) is 23.1 Å². The Bertz CT molecular complexity index is 655. The molecule has 0 radical (unpaired) electrons. The summed E-state index contributed by atoms with van der Waals surface area (Å²) in [5.74, 6) is 1.98. The first-order valence-corrected chi connectivity index (χ1v) is 8.48. The lowest BCUT2D eigenvalue weighted by molar-refractivity contribution is -0.123. The van der Waals surface area contributed by atoms with Gasteiger partial charge in [0.05, 0.1) is 7.11 Å². The first kappa shape index (κ1) is 15.8. The molecule has 3 rings (SSSR count). The van der Waals surface area contributed by atoms with Gasteiger partial charge in [-0.3, -0.25) is 4.79 Å². The van der Waals surface area contributed by atoms with Gasteiger partial charge in [-0.2, -0.15) is 0 Å². The largest absolute Gasteiger partial charge is 0.497 e. The van der Waals surface area contributed by atoms with Crippen LogP contribution >= 0.6 is 0 Å². The number of benzene rings is 2. The zero-order chi connectivity index (χ0) is 16.2. The van der Waals surface area contributed by atoms with E-state index in [-0.39, 0.29) is 5.92 Å². The summed E-state index contributed by atoms with van der Waals surface area (Å²) >= 11 is 0. The molecule has 0 aliphatic heterocycles. The SMILES string of the molecule is CC[C@@H]1CC[C@@H](c2ccc(-c3ccc(OC)cc3)cc2)C(=O)C1. The zero-order valence-electron chi connectivity index (χ0n) is 13.9. The molecule has 23 heavy (non-hydrogen) atoms. The van der Waals surface area contributed by atoms with Crippen molar-refractivity contribution in [3.63, 3.8) is 0 Å². The number of rotatable bonds is 4. The Hall–Kier alpha value is -2.09. The van der Waals surface area contributed by atoms with E-state index in [4.69, 9.17) is 4.74 Å². The number of hydrogen-bond acceptors (Lipinski definition) is 2. The molecule has 0 bridgehead atoms. The molecule has 2 nitrogen and oxygen atoms in total. The molecule has 0 saturated heterocycles. The van der Waals surface area contributed by atoms with Gasteiger partial charge in [-0.15, -0.1) is 0 Å². The summed E-state index contributed by atoms with van der Waals surface area (Å²) < 4.78 is 5.20. The normalized spacial score (nSPS) is 21.2. The minimum absolute atomic E-state index is 0.0997. The predicted octanol–water partition coefficient (Wildman–Crippen LogP) is 5.23. The van der Waals surface area contributed by atoms with Gasteiger partial charge in [-0.25, -0.2) is 0 Å². The molecule has 0 aromatic heterocycles. The van der Waals surface area contributed by atoms with Gasteiger partial charge in [0.15, 0.2) is 0 Å². The molecule has 0 unspecified atom stereocenters. The van der Waals surface area contributed by atoms with E-state index >= 15 is 0 Å². The number of carbonyl (C=O) groups is 1. The minimum atomic E-state index is 0.0997. The van der Waals surface area contributed by atoms with Gasteiger partial charge in [-0.1, -0.05) is 49.7 Å². The summed E-state index contributed by atoms with van der Waals surface area (Å²) in [6.45, 7) is 2.18. The van der Waals surface area contributed by atoms with Crippen molar-refractivity contribution in [2.24, 2.45) is 5.92 Å². The Morgan fingerprint density at radius 3 is 2.09 bits per heavy atom. The molecule has 0 heterocycles. The molecule has 1 aliphatic carbocycles. The van der Waals surface area contributed by atoms with Crippen molar-refractivity contribution in [2.75, 3.05) is 7.11 Å². The number of carbonyl (C=O) groups excluding carboxylic acids is 1. The fourth-order valence-electron chi connectivity index (χ4n) is 3.48. The second-order valence-corrected chi connectivity index (χ2v) is 6.43. The van der Waals surface area contributed by atoms with Crippen molar-refractivity contribution < 1.29 is 9.53 Å². The summed E-state index contributed by atoms with van der Waals surface area (Å²) in [5, 5.41) is 0. The van der Waals surface area contributed by atoms with Crippen LogP contribution in [0, 0.1) is 5.92 Å². The van der Waals surface area contributed by atoms with Crippen LogP contribution in [0.5, 0.6) is 5.75 Å². The second kappa shape index (κ2) is 6.99. The topological polar surface area (TPSA) is 26.3 Å². The lowest BCUT2D eigenvalue weighted by Crippen LogP contribution is -2.23. The monoisotopic (exact) mass is 308 g/mol. The zero-order valence-corrected chi connectivity index (χ0v) is 13.9. The van der Waals surface area contributed by atoms with Crippen LogP contribution in [0.3, 0.4) is 0 Å². The average Bonchev–Trinajstić information content (AvgIpc) is 2.62. The van der Waals surface area contributed by atoms with Gasteiger partial charge in [0.1, 0.15) is 11.5 Å². The first-order valence-electron chi connectivity index (χ1n) is 8.48. The highest BCUT2D eigenvalue weighted by Crippen LogP contribution is 2.35. The molecule has 1 aliphatic rings. The van der Waals surface area contributed by atoms with Crippen LogP contribution < -0.4 is 4.74 Å². The molecule has 120 valence electrons. The third-order valence-electron chi connectivity index (χ3n) is 5.06. The van der Waals surface area contributed by atoms with E-state index in [1.807, 2.05) is 12.1 Å². The van der Waals surface area contributed by atoms with E-state index in [0.29, 0.717) is 11.7 Å². The highest BCUT2D eigenvalue weighted by molar-refractivity contribution is 5.86. The Kier molecular flexibility index (Phi) is 4.80. The Balaban J connectivity index is 1.75. The molecular weight excluding hydrogens is 284 g/mol. The van der Waals surface area contributed by atoms with Gasteiger partial charge in [0.2, 0.25) is 0 Å². The van der Waals surface area contributed by atoms with Crippen molar-refractivity contribution >= 4 is 5.78 Å². The quantitative estimate of drug-likeness (QED) is 0.773. The minimum Gasteiger partial charge on any atom is -0.497 e. The van der Waals surface area contributed by atoms with Crippen LogP contribution in [0.25, 0.3) is 11.1 Å². The summed E-state index contributed by atoms with van der Waals surface area (Å²) in [4.78, 5) is 12.4. The molecule has 2 atom stereocenters. The molecular formula is C21H24O2. The smallest absolute Gasteiger partial charge is 0.140 e. The fraction of sp³-hybridized carbons (Fsp3) is 0.381. The molecule has 0 N–H and O–H groups in total. The Labute approximate surface area is 138 Å². The summed E-state index contributed by atoms with van der Waals surface area (Å²) in [6, 6.07) is 16.5. The summed E-state index contributed by atoms with van der Waals surface area (Å²) in [6.07, 6.45) is 4.04. The van der Waals surface area contributed by atoms with Crippen molar-refractivity contribution in [1.82, 2.24) is 0 Å². The van der Waals surface area contributed by atoms with E-state index in [0.717, 1.165) is 25.0 Å². The fourth-order valence-corrected chi connectivity index (χ4v) is 3.48. The third-order valence-corrected chi connectivity index (χ3v) is 5.06. The van der Waals surface area contributed by atoms with Crippen LogP contribution in [0.15, 0.2) is 48.5 Å². The van der Waals surface area contributed by atoms with E-state index in [2.05, 4.69) is 43.3 Å². The van der Waals surface area contributed by atoms with Crippen molar-refractivity contribution in [3.8, 4) is 16.9 Å². The van der Waals surface area contributed by atoms with Crippen molar-refractivity contribution in [2.45, 2.75) is 38.5 Å². The average molecular weight is 308 g/mol. The highest BCUT2D eigenvalue weighted by Gasteiger charge is 2.28. The summed E-state index contributed by atoms with van der Waals surface area (Å²) in [7, 11) is 1.67. The molecule has 0 spiro atoms. The maximum atomic E-state index is 12.4. The summed E-state index contributed by atoms with van der Waals surface area (Å²) in [5.41, 5.74) is 3.51. The van der Waals surface area contributed by atoms with Gasteiger partial charge in [0.25, 0.3) is 0 Å². The van der Waals surface area contributed by atoms with Crippen LogP contribution in [0.2, 0.25) is 0 Å². The predicted molar refractivity (Wildman–Crippen MR) is 93.8 cm³/mol. The van der Waals surface area contributed by atoms with E-state index in [1.54, 1.807) is 7.11 Å². The first-order chi connectivity index (χ1) is 11.2. The van der Waals surface area contributed by atoms with Crippen LogP contribution in [0.1, 0.15) is 44.1 Å². The van der Waals surface area contributed by atoms with Gasteiger partial charge in [-0.05, 0) is 47.6 Å². The van der Waals surface area contributed by atoms with Crippen molar-refractivity contribution in [1.29, 1.82) is 0 Å². The number of ketones is 1. The van der Waals surface area contributed by atoms with Crippen LogP contribution in [0.4, 0.5) is 0 Å². The molecule has 2 aromatic carbocycles. The molecule has 0 amide bonds. The second-order valence-electron chi connectivity index (χ2n) is 6.43. The molecule has 2 aromatic rings. The van der Waals surface area contributed by atoms with Crippen molar-refractivity contribution in [3.05, 3.63) is 54.1 Å². The lowest BCUT2D eigenvalue weighted by Gasteiger charge is -2.27. The number of ether oxygens (including phenoxy) is 1. The standard InChI is InChI=1S/C21H24O2/c1-3-15-4-13-20(21(22)14-15)18-7-5-16(6-8-18)17-9-11-19(23-2)12-10-17/h5-12,15,20H,3-4,13-14H2,1-2H3/t15-,20+/m1/s1. The number of Topliss-reactive ketones (excluding diaryl/α,β-unsaturated/α-hetero) is 1. The lowest BCUT2D eigenvalue weighted by atomic mass is 9.77. The van der Waals surface area contributed by atoms with Gasteiger partial charge < -0.3 is 4.74 Å². The molecule has 2 heteroatoms. The number of methoxy groups -OCH3 is 1. The maximum Gasteiger partial charge on any atom is 0.140 e. The Morgan fingerprint density at radius 2 is 1.57 bits per heavy atom.